The number of carbonyl (C=O) groups excluding carboxylic acids is 1. The Balaban J connectivity index is 1.67. The van der Waals surface area contributed by atoms with Crippen molar-refractivity contribution >= 4 is 57.5 Å². The molecule has 2 aromatic heterocycles. The molecule has 29 heavy (non-hydrogen) atoms. The molecule has 0 radical (unpaired) electrons. The van der Waals surface area contributed by atoms with Crippen LogP contribution in [-0.2, 0) is 10.5 Å². The van der Waals surface area contributed by atoms with Gasteiger partial charge < -0.3 is 9.26 Å². The van der Waals surface area contributed by atoms with Crippen LogP contribution in [0.15, 0.2) is 57.0 Å². The van der Waals surface area contributed by atoms with E-state index in [1.54, 1.807) is 47.6 Å². The van der Waals surface area contributed by atoms with Gasteiger partial charge in [0.1, 0.15) is 17.2 Å². The van der Waals surface area contributed by atoms with Crippen LogP contribution in [-0.4, -0.2) is 23.3 Å². The lowest BCUT2D eigenvalue weighted by molar-refractivity contribution is -0.113. The first-order chi connectivity index (χ1) is 14.0. The minimum Gasteiger partial charge on any atom is -0.495 e. The molecule has 1 aliphatic rings. The van der Waals surface area contributed by atoms with Crippen LogP contribution in [0.1, 0.15) is 16.3 Å². The van der Waals surface area contributed by atoms with Crippen molar-refractivity contribution in [3.63, 3.8) is 0 Å². The molecule has 1 amide bonds. The highest BCUT2D eigenvalue weighted by Gasteiger charge is 2.32. The molecule has 4 rings (SSSR count). The number of amides is 1. The molecule has 0 saturated carbocycles. The lowest BCUT2D eigenvalue weighted by atomic mass is 10.2. The van der Waals surface area contributed by atoms with Gasteiger partial charge in [0.05, 0.1) is 23.5 Å². The molecule has 0 spiro atoms. The number of aliphatic imine (C=N–C) groups is 1. The molecule has 148 valence electrons. The molecule has 1 aromatic carbocycles. The summed E-state index contributed by atoms with van der Waals surface area (Å²) in [6.45, 7) is 1.84. The van der Waals surface area contributed by atoms with Gasteiger partial charge in [-0.15, -0.1) is 11.3 Å². The Labute approximate surface area is 180 Å². The first-order valence-electron chi connectivity index (χ1n) is 8.62. The number of amidine groups is 1. The average Bonchev–Trinajstić information content (AvgIpc) is 3.42. The van der Waals surface area contributed by atoms with Crippen LogP contribution in [0.2, 0.25) is 5.02 Å². The molecular weight excluding hydrogens is 430 g/mol. The van der Waals surface area contributed by atoms with Crippen molar-refractivity contribution in [2.24, 2.45) is 4.99 Å². The standard InChI is InChI=1S/C20H16ClN3O3S2/c1-12-8-13(23-27-12)11-29-20-22-17(10-15-4-3-7-28-15)19(25)24(20)14-5-6-18(26-2)16(21)9-14/h3-10H,11H2,1-2H3/b17-10+. The number of ether oxygens (including phenoxy) is 1. The predicted octanol–water partition coefficient (Wildman–Crippen LogP) is 5.38. The minimum absolute atomic E-state index is 0.210. The van der Waals surface area contributed by atoms with Crippen molar-refractivity contribution in [3.05, 3.63) is 68.8 Å². The minimum atomic E-state index is -0.210. The summed E-state index contributed by atoms with van der Waals surface area (Å²) < 4.78 is 10.3. The number of benzene rings is 1. The fraction of sp³-hybridized carbons (Fsp3) is 0.150. The number of halogens is 1. The summed E-state index contributed by atoms with van der Waals surface area (Å²) in [5.74, 6) is 1.59. The van der Waals surface area contributed by atoms with E-state index in [-0.39, 0.29) is 5.91 Å². The van der Waals surface area contributed by atoms with Crippen molar-refractivity contribution in [1.29, 1.82) is 0 Å². The maximum Gasteiger partial charge on any atom is 0.283 e. The second kappa shape index (κ2) is 8.44. The van der Waals surface area contributed by atoms with Gasteiger partial charge in [-0.3, -0.25) is 9.69 Å². The molecule has 0 saturated heterocycles. The van der Waals surface area contributed by atoms with Crippen LogP contribution in [0.4, 0.5) is 5.69 Å². The van der Waals surface area contributed by atoms with Crippen molar-refractivity contribution in [3.8, 4) is 5.75 Å². The van der Waals surface area contributed by atoms with Gasteiger partial charge in [0, 0.05) is 16.7 Å². The summed E-state index contributed by atoms with van der Waals surface area (Å²) in [4.78, 5) is 20.3. The van der Waals surface area contributed by atoms with Gasteiger partial charge in [-0.1, -0.05) is 34.6 Å². The molecule has 9 heteroatoms. The number of methoxy groups -OCH3 is 1. The Morgan fingerprint density at radius 2 is 2.21 bits per heavy atom. The molecular formula is C20H16ClN3O3S2. The SMILES string of the molecule is COc1ccc(N2C(=O)/C(=C\c3cccs3)N=C2SCc2cc(C)on2)cc1Cl. The Bertz CT molecular complexity index is 1110. The van der Waals surface area contributed by atoms with E-state index < -0.39 is 0 Å². The summed E-state index contributed by atoms with van der Waals surface area (Å²) in [6.07, 6.45) is 1.79. The number of hydrogen-bond acceptors (Lipinski definition) is 7. The zero-order valence-corrected chi connectivity index (χ0v) is 18.0. The van der Waals surface area contributed by atoms with E-state index in [2.05, 4.69) is 10.1 Å². The molecule has 6 nitrogen and oxygen atoms in total. The summed E-state index contributed by atoms with van der Waals surface area (Å²) in [5.41, 5.74) is 1.78. The highest BCUT2D eigenvalue weighted by Crippen LogP contribution is 2.35. The monoisotopic (exact) mass is 445 g/mol. The molecule has 0 bridgehead atoms. The topological polar surface area (TPSA) is 67.9 Å². The third-order valence-electron chi connectivity index (χ3n) is 4.07. The lowest BCUT2D eigenvalue weighted by Crippen LogP contribution is -2.30. The number of rotatable bonds is 5. The van der Waals surface area contributed by atoms with Crippen molar-refractivity contribution in [1.82, 2.24) is 5.16 Å². The van der Waals surface area contributed by atoms with Gasteiger partial charge in [0.25, 0.3) is 5.91 Å². The zero-order chi connectivity index (χ0) is 20.4. The summed E-state index contributed by atoms with van der Waals surface area (Å²) in [7, 11) is 1.55. The van der Waals surface area contributed by atoms with E-state index in [0.717, 1.165) is 16.3 Å². The summed E-state index contributed by atoms with van der Waals surface area (Å²) in [5, 5.41) is 6.94. The number of aryl methyl sites for hydroxylation is 1. The number of aromatic nitrogens is 1. The predicted molar refractivity (Wildman–Crippen MR) is 118 cm³/mol. The third-order valence-corrected chi connectivity index (χ3v) is 6.16. The highest BCUT2D eigenvalue weighted by atomic mass is 35.5. The van der Waals surface area contributed by atoms with E-state index in [4.69, 9.17) is 20.9 Å². The van der Waals surface area contributed by atoms with Gasteiger partial charge in [-0.2, -0.15) is 0 Å². The van der Waals surface area contributed by atoms with Gasteiger partial charge in [0.15, 0.2) is 5.17 Å². The van der Waals surface area contributed by atoms with Crippen LogP contribution < -0.4 is 9.64 Å². The second-order valence-electron chi connectivity index (χ2n) is 6.12. The van der Waals surface area contributed by atoms with Crippen molar-refractivity contribution < 1.29 is 14.1 Å². The molecule has 0 atom stereocenters. The summed E-state index contributed by atoms with van der Waals surface area (Å²) in [6, 6.07) is 11.0. The Morgan fingerprint density at radius 1 is 1.34 bits per heavy atom. The average molecular weight is 446 g/mol. The number of nitrogens with zero attached hydrogens (tertiary/aromatic N) is 3. The number of carbonyl (C=O) groups is 1. The van der Waals surface area contributed by atoms with Crippen LogP contribution in [0.3, 0.4) is 0 Å². The normalized spacial score (nSPS) is 15.3. The Morgan fingerprint density at radius 3 is 2.86 bits per heavy atom. The lowest BCUT2D eigenvalue weighted by Gasteiger charge is -2.18. The molecule has 3 aromatic rings. The van der Waals surface area contributed by atoms with E-state index in [0.29, 0.717) is 33.1 Å². The summed E-state index contributed by atoms with van der Waals surface area (Å²) >= 11 is 9.24. The zero-order valence-electron chi connectivity index (χ0n) is 15.6. The number of anilines is 1. The van der Waals surface area contributed by atoms with E-state index >= 15 is 0 Å². The molecule has 0 fully saturated rings. The van der Waals surface area contributed by atoms with Gasteiger partial charge in [0.2, 0.25) is 0 Å². The first-order valence-corrected chi connectivity index (χ1v) is 10.9. The number of hydrogen-bond donors (Lipinski definition) is 0. The van der Waals surface area contributed by atoms with Crippen LogP contribution >= 0.6 is 34.7 Å². The quantitative estimate of drug-likeness (QED) is 0.493. The van der Waals surface area contributed by atoms with Gasteiger partial charge >= 0.3 is 0 Å². The highest BCUT2D eigenvalue weighted by molar-refractivity contribution is 8.13. The smallest absolute Gasteiger partial charge is 0.283 e. The number of thioether (sulfide) groups is 1. The fourth-order valence-corrected chi connectivity index (χ4v) is 4.54. The molecule has 0 N–H and O–H groups in total. The van der Waals surface area contributed by atoms with E-state index in [1.165, 1.54) is 11.8 Å². The fourth-order valence-electron chi connectivity index (χ4n) is 2.75. The molecule has 0 aliphatic carbocycles. The molecule has 0 unspecified atom stereocenters. The van der Waals surface area contributed by atoms with Crippen LogP contribution in [0.5, 0.6) is 5.75 Å². The van der Waals surface area contributed by atoms with Crippen LogP contribution in [0, 0.1) is 6.92 Å². The molecule has 3 heterocycles. The Kier molecular flexibility index (Phi) is 5.75. The second-order valence-corrected chi connectivity index (χ2v) is 8.45. The van der Waals surface area contributed by atoms with Crippen molar-refractivity contribution in [2.75, 3.05) is 12.0 Å². The van der Waals surface area contributed by atoms with Gasteiger partial charge in [-0.05, 0) is 42.6 Å². The number of thiophene rings is 1. The maximum atomic E-state index is 13.1. The van der Waals surface area contributed by atoms with E-state index in [1.807, 2.05) is 30.5 Å². The first kappa shape index (κ1) is 19.8. The largest absolute Gasteiger partial charge is 0.495 e. The third kappa shape index (κ3) is 4.24. The van der Waals surface area contributed by atoms with Gasteiger partial charge in [-0.25, -0.2) is 4.99 Å². The Hall–Kier alpha value is -2.55. The van der Waals surface area contributed by atoms with Crippen molar-refractivity contribution in [2.45, 2.75) is 12.7 Å². The molecule has 1 aliphatic heterocycles. The van der Waals surface area contributed by atoms with E-state index in [9.17, 15) is 4.79 Å². The maximum absolute atomic E-state index is 13.1. The van der Waals surface area contributed by atoms with Crippen LogP contribution in [0.25, 0.3) is 6.08 Å².